The van der Waals surface area contributed by atoms with Crippen LogP contribution in [0.4, 0.5) is 5.82 Å². The summed E-state index contributed by atoms with van der Waals surface area (Å²) in [6.45, 7) is 0.422. The number of rotatable bonds is 4. The molecule has 0 spiro atoms. The van der Waals surface area contributed by atoms with Crippen molar-refractivity contribution in [3.63, 3.8) is 0 Å². The molecule has 1 heterocycles. The van der Waals surface area contributed by atoms with E-state index < -0.39 is 0 Å². The number of amides is 1. The minimum absolute atomic E-state index is 0.0632. The predicted octanol–water partition coefficient (Wildman–Crippen LogP) is 3.98. The van der Waals surface area contributed by atoms with E-state index in [2.05, 4.69) is 10.4 Å². The van der Waals surface area contributed by atoms with E-state index in [1.807, 2.05) is 0 Å². The summed E-state index contributed by atoms with van der Waals surface area (Å²) in [7, 11) is 0. The predicted molar refractivity (Wildman–Crippen MR) is 83.8 cm³/mol. The Bertz CT molecular complexity index is 644. The maximum Gasteiger partial charge on any atom is 0.228 e. The molecular weight excluding hydrogens is 309 g/mol. The molecular formula is C15H15Cl2N3O. The van der Waals surface area contributed by atoms with Crippen molar-refractivity contribution >= 4 is 34.9 Å². The van der Waals surface area contributed by atoms with E-state index in [0.29, 0.717) is 22.4 Å². The summed E-state index contributed by atoms with van der Waals surface area (Å²) in [4.78, 5) is 12.0. The van der Waals surface area contributed by atoms with Crippen LogP contribution in [0.25, 0.3) is 0 Å². The molecule has 0 bridgehead atoms. The van der Waals surface area contributed by atoms with Crippen LogP contribution in [-0.2, 0) is 11.3 Å². The summed E-state index contributed by atoms with van der Waals surface area (Å²) >= 11 is 12.3. The Morgan fingerprint density at radius 1 is 1.29 bits per heavy atom. The summed E-state index contributed by atoms with van der Waals surface area (Å²) in [5.74, 6) is 0.869. The Balaban J connectivity index is 1.77. The number of aromatic nitrogens is 2. The zero-order valence-electron chi connectivity index (χ0n) is 11.4. The van der Waals surface area contributed by atoms with Gasteiger partial charge < -0.3 is 5.32 Å². The summed E-state index contributed by atoms with van der Waals surface area (Å²) in [5.41, 5.74) is 0.795. The Labute approximate surface area is 133 Å². The van der Waals surface area contributed by atoms with Crippen molar-refractivity contribution in [2.45, 2.75) is 25.8 Å². The van der Waals surface area contributed by atoms with Crippen molar-refractivity contribution in [3.8, 4) is 0 Å². The highest BCUT2D eigenvalue weighted by Crippen LogP contribution is 2.28. The highest BCUT2D eigenvalue weighted by atomic mass is 35.5. The molecule has 3 rings (SSSR count). The van der Waals surface area contributed by atoms with Crippen LogP contribution in [0.1, 0.15) is 24.8 Å². The molecule has 1 saturated carbocycles. The van der Waals surface area contributed by atoms with Gasteiger partial charge in [-0.25, -0.2) is 4.68 Å². The summed E-state index contributed by atoms with van der Waals surface area (Å²) < 4.78 is 1.70. The first-order valence-corrected chi connectivity index (χ1v) is 7.66. The molecule has 0 aliphatic heterocycles. The Hall–Kier alpha value is -1.52. The molecule has 1 amide bonds. The van der Waals surface area contributed by atoms with Crippen LogP contribution < -0.4 is 5.32 Å². The molecule has 1 fully saturated rings. The number of anilines is 1. The fourth-order valence-corrected chi connectivity index (χ4v) is 2.81. The van der Waals surface area contributed by atoms with E-state index in [4.69, 9.17) is 23.2 Å². The Kier molecular flexibility index (Phi) is 4.17. The topological polar surface area (TPSA) is 46.9 Å². The van der Waals surface area contributed by atoms with E-state index in [1.54, 1.807) is 35.1 Å². The van der Waals surface area contributed by atoms with Crippen molar-refractivity contribution in [3.05, 3.63) is 46.1 Å². The van der Waals surface area contributed by atoms with Gasteiger partial charge in [0, 0.05) is 27.6 Å². The third-order valence-electron chi connectivity index (χ3n) is 3.81. The summed E-state index contributed by atoms with van der Waals surface area (Å²) in [5, 5.41) is 8.35. The van der Waals surface area contributed by atoms with Crippen molar-refractivity contribution in [2.75, 3.05) is 5.32 Å². The van der Waals surface area contributed by atoms with E-state index in [-0.39, 0.29) is 11.8 Å². The van der Waals surface area contributed by atoms with Crippen LogP contribution in [0.15, 0.2) is 30.5 Å². The van der Waals surface area contributed by atoms with Gasteiger partial charge in [-0.3, -0.25) is 4.79 Å². The smallest absolute Gasteiger partial charge is 0.228 e. The zero-order chi connectivity index (χ0) is 14.8. The van der Waals surface area contributed by atoms with Gasteiger partial charge in [-0.1, -0.05) is 35.7 Å². The fourth-order valence-electron chi connectivity index (χ4n) is 2.30. The fraction of sp³-hybridized carbons (Fsp3) is 0.333. The number of carbonyl (C=O) groups is 1. The van der Waals surface area contributed by atoms with Gasteiger partial charge in [0.2, 0.25) is 5.91 Å². The van der Waals surface area contributed by atoms with Gasteiger partial charge in [0.1, 0.15) is 5.82 Å². The average Bonchev–Trinajstić information content (AvgIpc) is 2.79. The maximum absolute atomic E-state index is 12.0. The van der Waals surface area contributed by atoms with Gasteiger partial charge in [-0.05, 0) is 25.0 Å². The number of carbonyl (C=O) groups excluding carboxylic acids is 1. The van der Waals surface area contributed by atoms with Crippen molar-refractivity contribution in [2.24, 2.45) is 5.92 Å². The van der Waals surface area contributed by atoms with Gasteiger partial charge in [-0.15, -0.1) is 0 Å². The average molecular weight is 324 g/mol. The molecule has 21 heavy (non-hydrogen) atoms. The van der Waals surface area contributed by atoms with Crippen LogP contribution in [0.3, 0.4) is 0 Å². The molecule has 110 valence electrons. The van der Waals surface area contributed by atoms with Crippen molar-refractivity contribution in [1.82, 2.24) is 9.78 Å². The molecule has 0 atom stereocenters. The number of nitrogens with zero attached hydrogens (tertiary/aromatic N) is 2. The van der Waals surface area contributed by atoms with Crippen LogP contribution in [0, 0.1) is 5.92 Å². The lowest BCUT2D eigenvalue weighted by atomic mass is 9.85. The first-order valence-electron chi connectivity index (χ1n) is 6.90. The van der Waals surface area contributed by atoms with Crippen LogP contribution >= 0.6 is 23.2 Å². The minimum Gasteiger partial charge on any atom is -0.311 e. The SMILES string of the molecule is O=C(Nc1ccnn1Cc1c(Cl)cccc1Cl)C1CCC1. The molecule has 0 radical (unpaired) electrons. The molecule has 4 nitrogen and oxygen atoms in total. The highest BCUT2D eigenvalue weighted by molar-refractivity contribution is 6.35. The van der Waals surface area contributed by atoms with Crippen LogP contribution in [-0.4, -0.2) is 15.7 Å². The number of hydrogen-bond donors (Lipinski definition) is 1. The number of halogens is 2. The largest absolute Gasteiger partial charge is 0.311 e. The molecule has 0 saturated heterocycles. The molecule has 1 aromatic carbocycles. The minimum atomic E-state index is 0.0632. The third-order valence-corrected chi connectivity index (χ3v) is 4.52. The standard InChI is InChI=1S/C15H15Cl2N3O/c16-12-5-2-6-13(17)11(12)9-20-14(7-8-18-20)19-15(21)10-3-1-4-10/h2,5-8,10H,1,3-4,9H2,(H,19,21). The maximum atomic E-state index is 12.0. The second kappa shape index (κ2) is 6.08. The van der Waals surface area contributed by atoms with Crippen molar-refractivity contribution < 1.29 is 4.79 Å². The monoisotopic (exact) mass is 323 g/mol. The molecule has 6 heteroatoms. The number of benzene rings is 1. The van der Waals surface area contributed by atoms with Gasteiger partial charge in [0.05, 0.1) is 12.7 Å². The molecule has 2 aromatic rings. The van der Waals surface area contributed by atoms with E-state index in [0.717, 1.165) is 24.8 Å². The second-order valence-electron chi connectivity index (χ2n) is 5.19. The first-order chi connectivity index (χ1) is 10.1. The van der Waals surface area contributed by atoms with Crippen LogP contribution in [0.5, 0.6) is 0 Å². The summed E-state index contributed by atoms with van der Waals surface area (Å²) in [6, 6.07) is 7.16. The van der Waals surface area contributed by atoms with E-state index in [9.17, 15) is 4.79 Å². The molecule has 1 N–H and O–H groups in total. The van der Waals surface area contributed by atoms with Gasteiger partial charge in [0.25, 0.3) is 0 Å². The molecule has 0 unspecified atom stereocenters. The van der Waals surface area contributed by atoms with Crippen LogP contribution in [0.2, 0.25) is 10.0 Å². The second-order valence-corrected chi connectivity index (χ2v) is 6.01. The number of hydrogen-bond acceptors (Lipinski definition) is 2. The molecule has 1 aliphatic rings. The van der Waals surface area contributed by atoms with E-state index in [1.165, 1.54) is 0 Å². The third kappa shape index (κ3) is 3.06. The lowest BCUT2D eigenvalue weighted by Gasteiger charge is -2.24. The lowest BCUT2D eigenvalue weighted by molar-refractivity contribution is -0.122. The summed E-state index contributed by atoms with van der Waals surface area (Å²) in [6.07, 6.45) is 4.72. The first kappa shape index (κ1) is 14.4. The van der Waals surface area contributed by atoms with Gasteiger partial charge in [-0.2, -0.15) is 5.10 Å². The Morgan fingerprint density at radius 3 is 2.62 bits per heavy atom. The zero-order valence-corrected chi connectivity index (χ0v) is 12.9. The van der Waals surface area contributed by atoms with Gasteiger partial charge in [0.15, 0.2) is 0 Å². The molecule has 1 aliphatic carbocycles. The van der Waals surface area contributed by atoms with Gasteiger partial charge >= 0.3 is 0 Å². The highest BCUT2D eigenvalue weighted by Gasteiger charge is 2.25. The molecule has 1 aromatic heterocycles. The normalized spacial score (nSPS) is 14.8. The number of nitrogens with one attached hydrogen (secondary N) is 1. The Morgan fingerprint density at radius 2 is 2.00 bits per heavy atom. The van der Waals surface area contributed by atoms with E-state index >= 15 is 0 Å². The quantitative estimate of drug-likeness (QED) is 0.925. The lowest BCUT2D eigenvalue weighted by Crippen LogP contribution is -2.29. The van der Waals surface area contributed by atoms with Crippen molar-refractivity contribution in [1.29, 1.82) is 0 Å².